The minimum absolute atomic E-state index is 0.129. The van der Waals surface area contributed by atoms with Crippen molar-refractivity contribution in [3.8, 4) is 5.75 Å². The number of nitrogens with one attached hydrogen (secondary N) is 1. The van der Waals surface area contributed by atoms with Crippen LogP contribution >= 0.6 is 0 Å². The molecular weight excluding hydrogens is 374 g/mol. The third-order valence-electron chi connectivity index (χ3n) is 4.60. The summed E-state index contributed by atoms with van der Waals surface area (Å²) in [5.74, 6) is 0.350. The van der Waals surface area contributed by atoms with Gasteiger partial charge in [-0.25, -0.2) is 9.50 Å². The number of hydrogen-bond acceptors (Lipinski definition) is 7. The topological polar surface area (TPSA) is 108 Å². The Morgan fingerprint density at radius 3 is 2.62 bits per heavy atom. The summed E-state index contributed by atoms with van der Waals surface area (Å²) in [6, 6.07) is 6.89. The number of aryl methyl sites for hydroxylation is 2. The van der Waals surface area contributed by atoms with Crippen LogP contribution in [0.15, 0.2) is 30.6 Å². The van der Waals surface area contributed by atoms with E-state index in [-0.39, 0.29) is 6.42 Å². The van der Waals surface area contributed by atoms with E-state index in [0.29, 0.717) is 23.6 Å². The molecule has 3 aromatic rings. The number of aromatic nitrogens is 4. The molecule has 2 heterocycles. The van der Waals surface area contributed by atoms with Crippen LogP contribution in [0, 0.1) is 13.8 Å². The maximum atomic E-state index is 12.3. The first-order valence-electron chi connectivity index (χ1n) is 9.19. The van der Waals surface area contributed by atoms with Crippen molar-refractivity contribution in [1.82, 2.24) is 19.6 Å². The number of rotatable bonds is 7. The van der Waals surface area contributed by atoms with Crippen molar-refractivity contribution < 1.29 is 19.1 Å². The summed E-state index contributed by atoms with van der Waals surface area (Å²) in [4.78, 5) is 32.9. The molecule has 0 saturated heterocycles. The molecule has 0 aliphatic carbocycles. The molecule has 9 heteroatoms. The molecule has 0 aliphatic rings. The van der Waals surface area contributed by atoms with E-state index in [1.807, 2.05) is 13.8 Å². The molecule has 0 bridgehead atoms. The summed E-state index contributed by atoms with van der Waals surface area (Å²) in [6.07, 6.45) is 1.09. The maximum absolute atomic E-state index is 12.3. The fourth-order valence-corrected chi connectivity index (χ4v) is 2.97. The van der Waals surface area contributed by atoms with Gasteiger partial charge in [-0.15, -0.1) is 0 Å². The number of hydrogen-bond donors (Lipinski definition) is 1. The molecule has 29 heavy (non-hydrogen) atoms. The van der Waals surface area contributed by atoms with Gasteiger partial charge < -0.3 is 14.8 Å². The standard InChI is InChI=1S/C20H23N5O4/c1-12-17(13(2)25-20(23-12)21-11-22-25)9-10-18(26)29-14(3)19(27)24-15-5-7-16(28-4)8-6-15/h5-8,11,14H,9-10H2,1-4H3,(H,24,27)/t14-/m1/s1. The number of carbonyl (C=O) groups is 2. The Morgan fingerprint density at radius 2 is 1.93 bits per heavy atom. The number of benzene rings is 1. The van der Waals surface area contributed by atoms with Crippen molar-refractivity contribution >= 4 is 23.3 Å². The van der Waals surface area contributed by atoms with E-state index in [1.165, 1.54) is 13.3 Å². The second kappa shape index (κ2) is 8.68. The normalized spacial score (nSPS) is 11.9. The lowest BCUT2D eigenvalue weighted by Crippen LogP contribution is -2.30. The van der Waals surface area contributed by atoms with E-state index in [0.717, 1.165) is 17.0 Å². The van der Waals surface area contributed by atoms with E-state index < -0.39 is 18.0 Å². The van der Waals surface area contributed by atoms with Gasteiger partial charge in [-0.2, -0.15) is 10.1 Å². The quantitative estimate of drug-likeness (QED) is 0.609. The number of ether oxygens (including phenoxy) is 2. The van der Waals surface area contributed by atoms with Crippen molar-refractivity contribution in [2.75, 3.05) is 12.4 Å². The molecule has 9 nitrogen and oxygen atoms in total. The van der Waals surface area contributed by atoms with Gasteiger partial charge in [-0.3, -0.25) is 9.59 Å². The molecule has 0 aliphatic heterocycles. The first-order valence-corrected chi connectivity index (χ1v) is 9.19. The van der Waals surface area contributed by atoms with Crippen LogP contribution < -0.4 is 10.1 Å². The number of esters is 1. The lowest BCUT2D eigenvalue weighted by atomic mass is 10.1. The minimum atomic E-state index is -0.914. The zero-order chi connectivity index (χ0) is 21.0. The Hall–Kier alpha value is -3.49. The third-order valence-corrected chi connectivity index (χ3v) is 4.60. The van der Waals surface area contributed by atoms with Crippen LogP contribution in [-0.2, 0) is 20.7 Å². The highest BCUT2D eigenvalue weighted by atomic mass is 16.5. The van der Waals surface area contributed by atoms with Gasteiger partial charge in [0.2, 0.25) is 0 Å². The summed E-state index contributed by atoms with van der Waals surface area (Å²) in [6.45, 7) is 5.31. The largest absolute Gasteiger partial charge is 0.497 e. The lowest BCUT2D eigenvalue weighted by Gasteiger charge is -2.14. The maximum Gasteiger partial charge on any atom is 0.306 e. The number of methoxy groups -OCH3 is 1. The van der Waals surface area contributed by atoms with Crippen LogP contribution in [0.25, 0.3) is 5.78 Å². The van der Waals surface area contributed by atoms with Gasteiger partial charge >= 0.3 is 5.97 Å². The molecule has 1 aromatic carbocycles. The SMILES string of the molecule is COc1ccc(NC(=O)[C@@H](C)OC(=O)CCc2c(C)nc3ncnn3c2C)cc1. The zero-order valence-corrected chi connectivity index (χ0v) is 16.8. The van der Waals surface area contributed by atoms with Crippen LogP contribution in [0.2, 0.25) is 0 Å². The first kappa shape index (κ1) is 20.2. The summed E-state index contributed by atoms with van der Waals surface area (Å²) in [5.41, 5.74) is 3.18. The average molecular weight is 397 g/mol. The summed E-state index contributed by atoms with van der Waals surface area (Å²) >= 11 is 0. The molecule has 1 N–H and O–H groups in total. The van der Waals surface area contributed by atoms with Crippen molar-refractivity contribution in [1.29, 1.82) is 0 Å². The zero-order valence-electron chi connectivity index (χ0n) is 16.8. The van der Waals surface area contributed by atoms with E-state index in [1.54, 1.807) is 35.9 Å². The fraction of sp³-hybridized carbons (Fsp3) is 0.350. The Bertz CT molecular complexity index is 1030. The number of amides is 1. The number of anilines is 1. The van der Waals surface area contributed by atoms with Gasteiger partial charge in [0.25, 0.3) is 11.7 Å². The molecule has 3 rings (SSSR count). The molecule has 0 fully saturated rings. The van der Waals surface area contributed by atoms with Gasteiger partial charge in [-0.1, -0.05) is 0 Å². The van der Waals surface area contributed by atoms with Crippen molar-refractivity contribution in [3.63, 3.8) is 0 Å². The molecule has 0 spiro atoms. The molecule has 0 saturated carbocycles. The van der Waals surface area contributed by atoms with E-state index in [4.69, 9.17) is 9.47 Å². The first-order chi connectivity index (χ1) is 13.9. The van der Waals surface area contributed by atoms with Crippen molar-refractivity contribution in [2.24, 2.45) is 0 Å². The number of nitrogens with zero attached hydrogens (tertiary/aromatic N) is 4. The molecule has 0 unspecified atom stereocenters. The van der Waals surface area contributed by atoms with Crippen LogP contribution in [0.5, 0.6) is 5.75 Å². The lowest BCUT2D eigenvalue weighted by molar-refractivity contribution is -0.153. The highest BCUT2D eigenvalue weighted by Crippen LogP contribution is 2.17. The van der Waals surface area contributed by atoms with E-state index in [2.05, 4.69) is 20.4 Å². The van der Waals surface area contributed by atoms with Crippen LogP contribution in [0.4, 0.5) is 5.69 Å². The smallest absolute Gasteiger partial charge is 0.306 e. The van der Waals surface area contributed by atoms with Crippen molar-refractivity contribution in [2.45, 2.75) is 39.7 Å². The van der Waals surface area contributed by atoms with E-state index >= 15 is 0 Å². The number of carbonyl (C=O) groups excluding carboxylic acids is 2. The Balaban J connectivity index is 1.55. The Labute approximate surface area is 168 Å². The summed E-state index contributed by atoms with van der Waals surface area (Å²) < 4.78 is 12.0. The number of fused-ring (bicyclic) bond motifs is 1. The van der Waals surface area contributed by atoms with Gasteiger partial charge in [0.15, 0.2) is 6.10 Å². The van der Waals surface area contributed by atoms with Gasteiger partial charge in [-0.05, 0) is 57.0 Å². The van der Waals surface area contributed by atoms with Gasteiger partial charge in [0.1, 0.15) is 12.1 Å². The second-order valence-electron chi connectivity index (χ2n) is 6.58. The fourth-order valence-electron chi connectivity index (χ4n) is 2.97. The van der Waals surface area contributed by atoms with Crippen molar-refractivity contribution in [3.05, 3.63) is 47.5 Å². The highest BCUT2D eigenvalue weighted by Gasteiger charge is 2.19. The third kappa shape index (κ3) is 4.68. The summed E-state index contributed by atoms with van der Waals surface area (Å²) in [7, 11) is 1.57. The van der Waals surface area contributed by atoms with Gasteiger partial charge in [0.05, 0.1) is 7.11 Å². The average Bonchev–Trinajstić information content (AvgIpc) is 3.16. The molecule has 152 valence electrons. The van der Waals surface area contributed by atoms with Gasteiger partial charge in [0, 0.05) is 23.5 Å². The monoisotopic (exact) mass is 397 g/mol. The molecule has 0 radical (unpaired) electrons. The van der Waals surface area contributed by atoms with Crippen LogP contribution in [-0.4, -0.2) is 44.7 Å². The molecule has 2 aromatic heterocycles. The Morgan fingerprint density at radius 1 is 1.21 bits per heavy atom. The predicted octanol–water partition coefficient (Wildman–Crippen LogP) is 2.25. The van der Waals surface area contributed by atoms with E-state index in [9.17, 15) is 9.59 Å². The Kier molecular flexibility index (Phi) is 6.06. The van der Waals surface area contributed by atoms with Crippen LogP contribution in [0.1, 0.15) is 30.3 Å². The minimum Gasteiger partial charge on any atom is -0.497 e. The summed E-state index contributed by atoms with van der Waals surface area (Å²) in [5, 5.41) is 6.84. The highest BCUT2D eigenvalue weighted by molar-refractivity contribution is 5.95. The molecule has 1 amide bonds. The molecule has 1 atom stereocenters. The van der Waals surface area contributed by atoms with Crippen LogP contribution in [0.3, 0.4) is 0 Å². The molecular formula is C20H23N5O4. The second-order valence-corrected chi connectivity index (χ2v) is 6.58. The predicted molar refractivity (Wildman–Crippen MR) is 106 cm³/mol.